The van der Waals surface area contributed by atoms with E-state index in [9.17, 15) is 9.59 Å². The molecule has 2 rings (SSSR count). The first-order chi connectivity index (χ1) is 16.4. The highest BCUT2D eigenvalue weighted by molar-refractivity contribution is 7.99. The van der Waals surface area contributed by atoms with Gasteiger partial charge in [-0.05, 0) is 48.1 Å². The van der Waals surface area contributed by atoms with Crippen LogP contribution in [-0.4, -0.2) is 43.7 Å². The zero-order valence-corrected chi connectivity index (χ0v) is 21.0. The summed E-state index contributed by atoms with van der Waals surface area (Å²) in [6, 6.07) is 18.1. The zero-order chi connectivity index (χ0) is 24.8. The zero-order valence-electron chi connectivity index (χ0n) is 20.2. The van der Waals surface area contributed by atoms with Crippen molar-refractivity contribution in [3.63, 3.8) is 0 Å². The van der Waals surface area contributed by atoms with E-state index in [0.29, 0.717) is 17.6 Å². The van der Waals surface area contributed by atoms with Crippen molar-refractivity contribution in [1.82, 2.24) is 5.32 Å². The van der Waals surface area contributed by atoms with Gasteiger partial charge in [0.15, 0.2) is 0 Å². The first kappa shape index (κ1) is 27.3. The number of thioether (sulfide) groups is 1. The van der Waals surface area contributed by atoms with Crippen molar-refractivity contribution >= 4 is 23.8 Å². The van der Waals surface area contributed by atoms with Gasteiger partial charge in [-0.2, -0.15) is 0 Å². The van der Waals surface area contributed by atoms with E-state index in [4.69, 9.17) is 14.2 Å². The van der Waals surface area contributed by atoms with Gasteiger partial charge in [-0.1, -0.05) is 57.7 Å². The molecule has 6 nitrogen and oxygen atoms in total. The van der Waals surface area contributed by atoms with Gasteiger partial charge in [0.2, 0.25) is 0 Å². The molecule has 0 bridgehead atoms. The van der Waals surface area contributed by atoms with Gasteiger partial charge in [-0.15, -0.1) is 11.8 Å². The molecule has 34 heavy (non-hydrogen) atoms. The summed E-state index contributed by atoms with van der Waals surface area (Å²) in [6.07, 6.45) is 1.10. The van der Waals surface area contributed by atoms with Crippen LogP contribution in [0.4, 0.5) is 4.79 Å². The minimum absolute atomic E-state index is 0.0430. The van der Waals surface area contributed by atoms with E-state index in [1.807, 2.05) is 42.5 Å². The van der Waals surface area contributed by atoms with Crippen LogP contribution in [0.5, 0.6) is 5.75 Å². The lowest BCUT2D eigenvalue weighted by Crippen LogP contribution is -2.35. The molecule has 0 saturated heterocycles. The highest BCUT2D eigenvalue weighted by atomic mass is 32.2. The standard InChI is InChI=1S/C27H35NO5S/c1-5-25(20(3)4)21-12-14-22(15-13-21)32-18-23(19-34-24-10-8-7-9-11-24)33-27(30)28-16-17-31-26(29)6-2/h6-15,20,23,25H,2,5,16-19H2,1,3-4H3,(H,28,30)/t23?,25-/m1/s1. The van der Waals surface area contributed by atoms with E-state index in [2.05, 4.69) is 44.8 Å². The predicted octanol–water partition coefficient (Wildman–Crippen LogP) is 5.83. The molecule has 0 heterocycles. The molecular weight excluding hydrogens is 450 g/mol. The summed E-state index contributed by atoms with van der Waals surface area (Å²) in [7, 11) is 0. The molecule has 2 atom stereocenters. The molecule has 0 aliphatic carbocycles. The molecule has 184 valence electrons. The van der Waals surface area contributed by atoms with E-state index >= 15 is 0 Å². The van der Waals surface area contributed by atoms with Crippen molar-refractivity contribution in [1.29, 1.82) is 0 Å². The van der Waals surface area contributed by atoms with Crippen LogP contribution in [0.3, 0.4) is 0 Å². The number of alkyl carbamates (subject to hydrolysis) is 1. The number of carbonyl (C=O) groups excluding carboxylic acids is 2. The number of hydrogen-bond donors (Lipinski definition) is 1. The minimum atomic E-state index is -0.588. The summed E-state index contributed by atoms with van der Waals surface area (Å²) in [5.74, 6) is 1.82. The van der Waals surface area contributed by atoms with Gasteiger partial charge in [0.05, 0.1) is 6.54 Å². The number of carbonyl (C=O) groups is 2. The summed E-state index contributed by atoms with van der Waals surface area (Å²) >= 11 is 1.59. The van der Waals surface area contributed by atoms with E-state index in [1.54, 1.807) is 11.8 Å². The summed E-state index contributed by atoms with van der Waals surface area (Å²) in [4.78, 5) is 24.4. The van der Waals surface area contributed by atoms with Crippen molar-refractivity contribution in [2.24, 2.45) is 5.92 Å². The van der Waals surface area contributed by atoms with Crippen molar-refractivity contribution in [2.75, 3.05) is 25.5 Å². The van der Waals surface area contributed by atoms with Crippen molar-refractivity contribution in [3.8, 4) is 5.75 Å². The molecule has 0 radical (unpaired) electrons. The number of esters is 1. The summed E-state index contributed by atoms with van der Waals surface area (Å²) in [5.41, 5.74) is 1.30. The summed E-state index contributed by atoms with van der Waals surface area (Å²) < 4.78 is 16.4. The molecule has 2 aromatic carbocycles. The molecule has 2 aromatic rings. The van der Waals surface area contributed by atoms with E-state index in [0.717, 1.165) is 23.1 Å². The van der Waals surface area contributed by atoms with Crippen molar-refractivity contribution in [2.45, 2.75) is 44.1 Å². The van der Waals surface area contributed by atoms with Crippen LogP contribution in [-0.2, 0) is 14.3 Å². The first-order valence-corrected chi connectivity index (χ1v) is 12.6. The number of benzene rings is 2. The van der Waals surface area contributed by atoms with Crippen LogP contribution < -0.4 is 10.1 Å². The fourth-order valence-electron chi connectivity index (χ4n) is 3.47. The largest absolute Gasteiger partial charge is 0.490 e. The van der Waals surface area contributed by atoms with E-state index in [1.165, 1.54) is 5.56 Å². The Kier molecular flexibility index (Phi) is 12.1. The maximum Gasteiger partial charge on any atom is 0.407 e. The van der Waals surface area contributed by atoms with Crippen LogP contribution in [0, 0.1) is 5.92 Å². The monoisotopic (exact) mass is 485 g/mol. The Morgan fingerprint density at radius 3 is 2.41 bits per heavy atom. The van der Waals surface area contributed by atoms with Gasteiger partial charge >= 0.3 is 12.1 Å². The van der Waals surface area contributed by atoms with Gasteiger partial charge in [0.1, 0.15) is 25.1 Å². The second-order valence-corrected chi connectivity index (χ2v) is 9.18. The fraction of sp³-hybridized carbons (Fsp3) is 0.407. The van der Waals surface area contributed by atoms with Gasteiger partial charge in [-0.3, -0.25) is 0 Å². The fourth-order valence-corrected chi connectivity index (χ4v) is 4.36. The lowest BCUT2D eigenvalue weighted by molar-refractivity contribution is -0.137. The molecular formula is C27H35NO5S. The molecule has 1 unspecified atom stereocenters. The Bertz CT molecular complexity index is 886. The van der Waals surface area contributed by atoms with Gasteiger partial charge in [0.25, 0.3) is 0 Å². The van der Waals surface area contributed by atoms with Crippen LogP contribution >= 0.6 is 11.8 Å². The van der Waals surface area contributed by atoms with E-state index < -0.39 is 18.2 Å². The van der Waals surface area contributed by atoms with Gasteiger partial charge < -0.3 is 19.5 Å². The first-order valence-electron chi connectivity index (χ1n) is 11.6. The highest BCUT2D eigenvalue weighted by Gasteiger charge is 2.17. The number of hydrogen-bond acceptors (Lipinski definition) is 6. The second-order valence-electron chi connectivity index (χ2n) is 8.09. The predicted molar refractivity (Wildman–Crippen MR) is 136 cm³/mol. The maximum atomic E-state index is 12.2. The number of rotatable bonds is 14. The average Bonchev–Trinajstić information content (AvgIpc) is 2.85. The van der Waals surface area contributed by atoms with Gasteiger partial charge in [-0.25, -0.2) is 9.59 Å². The Morgan fingerprint density at radius 1 is 1.09 bits per heavy atom. The second kappa shape index (κ2) is 15.1. The van der Waals surface area contributed by atoms with Gasteiger partial charge in [0, 0.05) is 16.7 Å². The lowest BCUT2D eigenvalue weighted by atomic mass is 9.86. The average molecular weight is 486 g/mol. The molecule has 0 aromatic heterocycles. The number of nitrogens with one attached hydrogen (secondary N) is 1. The van der Waals surface area contributed by atoms with E-state index in [-0.39, 0.29) is 19.8 Å². The quantitative estimate of drug-likeness (QED) is 0.157. The Labute approximate surface area is 207 Å². The number of ether oxygens (including phenoxy) is 3. The summed E-state index contributed by atoms with van der Waals surface area (Å²) in [5, 5.41) is 2.59. The topological polar surface area (TPSA) is 73.9 Å². The van der Waals surface area contributed by atoms with Crippen LogP contribution in [0.15, 0.2) is 72.1 Å². The SMILES string of the molecule is C=CC(=O)OCCNC(=O)OC(COc1ccc([C@H](CC)C(C)C)cc1)CSc1ccccc1. The van der Waals surface area contributed by atoms with Crippen LogP contribution in [0.2, 0.25) is 0 Å². The summed E-state index contributed by atoms with van der Waals surface area (Å²) in [6.45, 7) is 10.4. The number of amides is 1. The van der Waals surface area contributed by atoms with Crippen molar-refractivity contribution in [3.05, 3.63) is 72.8 Å². The maximum absolute atomic E-state index is 12.2. The van der Waals surface area contributed by atoms with Crippen LogP contribution in [0.25, 0.3) is 0 Å². The molecule has 0 fully saturated rings. The Balaban J connectivity index is 1.92. The minimum Gasteiger partial charge on any atom is -0.490 e. The molecule has 0 saturated carbocycles. The molecule has 1 amide bonds. The third-order valence-corrected chi connectivity index (χ3v) is 6.37. The Morgan fingerprint density at radius 2 is 1.79 bits per heavy atom. The molecule has 0 aliphatic rings. The highest BCUT2D eigenvalue weighted by Crippen LogP contribution is 2.29. The molecule has 0 spiro atoms. The molecule has 1 N–H and O–H groups in total. The molecule has 0 aliphatic heterocycles. The lowest BCUT2D eigenvalue weighted by Gasteiger charge is -2.21. The van der Waals surface area contributed by atoms with Crippen molar-refractivity contribution < 1.29 is 23.8 Å². The third kappa shape index (κ3) is 9.91. The Hall–Kier alpha value is -2.93. The third-order valence-electron chi connectivity index (χ3n) is 5.22. The molecule has 7 heteroatoms. The normalized spacial score (nSPS) is 12.5. The smallest absolute Gasteiger partial charge is 0.407 e. The van der Waals surface area contributed by atoms with Crippen LogP contribution in [0.1, 0.15) is 38.7 Å².